The number of aliphatic hydroxyl groups excluding tert-OH is 1. The van der Waals surface area contributed by atoms with Gasteiger partial charge in [0.25, 0.3) is 0 Å². The fourth-order valence-electron chi connectivity index (χ4n) is 1.59. The van der Waals surface area contributed by atoms with Crippen LogP contribution in [0, 0.1) is 13.8 Å². The molecule has 0 unspecified atom stereocenters. The summed E-state index contributed by atoms with van der Waals surface area (Å²) in [7, 11) is -2.06. The van der Waals surface area contributed by atoms with E-state index in [4.69, 9.17) is 9.84 Å². The summed E-state index contributed by atoms with van der Waals surface area (Å²) in [5.74, 6) is 0.655. The van der Waals surface area contributed by atoms with E-state index in [0.717, 1.165) is 5.56 Å². The first kappa shape index (κ1) is 14.9. The third kappa shape index (κ3) is 3.22. The summed E-state index contributed by atoms with van der Waals surface area (Å²) < 4.78 is 31.6. The van der Waals surface area contributed by atoms with Crippen LogP contribution in [0.5, 0.6) is 5.75 Å². The van der Waals surface area contributed by atoms with Gasteiger partial charge >= 0.3 is 0 Å². The predicted octanol–water partition coefficient (Wildman–Crippen LogP) is 0.971. The van der Waals surface area contributed by atoms with Crippen LogP contribution in [-0.2, 0) is 10.0 Å². The molecule has 0 aromatic heterocycles. The second-order valence-electron chi connectivity index (χ2n) is 4.22. The number of methoxy groups -OCH3 is 1. The van der Waals surface area contributed by atoms with Crippen molar-refractivity contribution in [3.8, 4) is 5.75 Å². The monoisotopic (exact) mass is 273 g/mol. The van der Waals surface area contributed by atoms with E-state index >= 15 is 0 Å². The van der Waals surface area contributed by atoms with E-state index in [-0.39, 0.29) is 11.4 Å². The molecule has 1 aromatic carbocycles. The van der Waals surface area contributed by atoms with Gasteiger partial charge in [0.15, 0.2) is 0 Å². The molecule has 0 saturated heterocycles. The summed E-state index contributed by atoms with van der Waals surface area (Å²) >= 11 is 0. The SMILES string of the molecule is COc1ccc(S(=O)(=O)NC[C@@H](C)O)c(C)c1C. The van der Waals surface area contributed by atoms with Gasteiger partial charge in [0, 0.05) is 6.54 Å². The first-order valence-electron chi connectivity index (χ1n) is 5.61. The molecule has 0 heterocycles. The van der Waals surface area contributed by atoms with E-state index in [1.807, 2.05) is 6.92 Å². The molecule has 0 aliphatic rings. The number of ether oxygens (including phenoxy) is 1. The predicted molar refractivity (Wildman–Crippen MR) is 69.3 cm³/mol. The van der Waals surface area contributed by atoms with E-state index in [2.05, 4.69) is 4.72 Å². The maximum absolute atomic E-state index is 12.0. The van der Waals surface area contributed by atoms with Gasteiger partial charge in [-0.15, -0.1) is 0 Å². The minimum absolute atomic E-state index is 0.00709. The number of rotatable bonds is 5. The van der Waals surface area contributed by atoms with Crippen molar-refractivity contribution in [2.75, 3.05) is 13.7 Å². The van der Waals surface area contributed by atoms with E-state index in [9.17, 15) is 8.42 Å². The smallest absolute Gasteiger partial charge is 0.240 e. The molecule has 18 heavy (non-hydrogen) atoms. The maximum Gasteiger partial charge on any atom is 0.240 e. The summed E-state index contributed by atoms with van der Waals surface area (Å²) in [4.78, 5) is 0.210. The van der Waals surface area contributed by atoms with Gasteiger partial charge in [0.1, 0.15) is 5.75 Å². The van der Waals surface area contributed by atoms with Crippen LogP contribution in [0.25, 0.3) is 0 Å². The minimum atomic E-state index is -3.60. The molecular formula is C12H19NO4S. The molecule has 6 heteroatoms. The lowest BCUT2D eigenvalue weighted by Gasteiger charge is -2.14. The standard InChI is InChI=1S/C12H19NO4S/c1-8(14)7-13-18(15,16)12-6-5-11(17-4)9(2)10(12)3/h5-6,8,13-14H,7H2,1-4H3/t8-/m1/s1. The third-order valence-electron chi connectivity index (χ3n) is 2.77. The molecule has 0 aliphatic heterocycles. The van der Waals surface area contributed by atoms with E-state index in [1.165, 1.54) is 13.0 Å². The van der Waals surface area contributed by atoms with Crippen molar-refractivity contribution >= 4 is 10.0 Å². The summed E-state index contributed by atoms with van der Waals surface area (Å²) in [6.45, 7) is 5.05. The van der Waals surface area contributed by atoms with Crippen LogP contribution in [0.15, 0.2) is 17.0 Å². The Labute approximate surface area is 108 Å². The molecule has 0 spiro atoms. The average Bonchev–Trinajstić information content (AvgIpc) is 2.30. The summed E-state index contributed by atoms with van der Waals surface area (Å²) in [6.07, 6.45) is -0.723. The van der Waals surface area contributed by atoms with Crippen LogP contribution in [-0.4, -0.2) is 33.3 Å². The Bertz CT molecular complexity index is 523. The Morgan fingerprint density at radius 3 is 2.44 bits per heavy atom. The number of sulfonamides is 1. The van der Waals surface area contributed by atoms with Gasteiger partial charge in [-0.3, -0.25) is 0 Å². The van der Waals surface area contributed by atoms with Gasteiger partial charge in [-0.05, 0) is 44.0 Å². The first-order valence-corrected chi connectivity index (χ1v) is 7.10. The molecule has 0 saturated carbocycles. The minimum Gasteiger partial charge on any atom is -0.496 e. The fraction of sp³-hybridized carbons (Fsp3) is 0.500. The number of hydrogen-bond donors (Lipinski definition) is 2. The Kier molecular flexibility index (Phi) is 4.72. The zero-order chi connectivity index (χ0) is 13.9. The number of hydrogen-bond acceptors (Lipinski definition) is 4. The number of aliphatic hydroxyl groups is 1. The van der Waals surface area contributed by atoms with Gasteiger partial charge in [0.05, 0.1) is 18.1 Å². The van der Waals surface area contributed by atoms with Gasteiger partial charge < -0.3 is 9.84 Å². The van der Waals surface area contributed by atoms with Crippen LogP contribution >= 0.6 is 0 Å². The third-order valence-corrected chi connectivity index (χ3v) is 4.33. The molecule has 5 nitrogen and oxygen atoms in total. The van der Waals surface area contributed by atoms with Crippen molar-refractivity contribution in [1.82, 2.24) is 4.72 Å². The quantitative estimate of drug-likeness (QED) is 0.838. The fourth-order valence-corrected chi connectivity index (χ4v) is 3.01. The number of nitrogens with one attached hydrogen (secondary N) is 1. The van der Waals surface area contributed by atoms with Crippen LogP contribution in [0.1, 0.15) is 18.1 Å². The molecule has 1 aromatic rings. The van der Waals surface area contributed by atoms with Crippen LogP contribution < -0.4 is 9.46 Å². The Hall–Kier alpha value is -1.11. The molecule has 2 N–H and O–H groups in total. The zero-order valence-electron chi connectivity index (χ0n) is 11.0. The highest BCUT2D eigenvalue weighted by Crippen LogP contribution is 2.26. The van der Waals surface area contributed by atoms with Crippen molar-refractivity contribution < 1.29 is 18.3 Å². The van der Waals surface area contributed by atoms with Crippen LogP contribution in [0.2, 0.25) is 0 Å². The van der Waals surface area contributed by atoms with Crippen molar-refractivity contribution in [1.29, 1.82) is 0 Å². The second-order valence-corrected chi connectivity index (χ2v) is 5.95. The van der Waals surface area contributed by atoms with Gasteiger partial charge in [-0.1, -0.05) is 0 Å². The average molecular weight is 273 g/mol. The maximum atomic E-state index is 12.0. The largest absolute Gasteiger partial charge is 0.496 e. The molecule has 0 radical (unpaired) electrons. The van der Waals surface area contributed by atoms with Crippen molar-refractivity contribution in [2.24, 2.45) is 0 Å². The summed E-state index contributed by atoms with van der Waals surface area (Å²) in [5.41, 5.74) is 1.44. The van der Waals surface area contributed by atoms with Crippen molar-refractivity contribution in [3.63, 3.8) is 0 Å². The van der Waals surface area contributed by atoms with E-state index < -0.39 is 16.1 Å². The van der Waals surface area contributed by atoms with Gasteiger partial charge in [0.2, 0.25) is 10.0 Å². The molecule has 0 fully saturated rings. The van der Waals surface area contributed by atoms with Crippen LogP contribution in [0.3, 0.4) is 0 Å². The normalized spacial score (nSPS) is 13.4. The lowest BCUT2D eigenvalue weighted by Crippen LogP contribution is -2.31. The Balaban J connectivity index is 3.14. The molecule has 0 amide bonds. The molecule has 1 atom stereocenters. The first-order chi connectivity index (χ1) is 8.29. The van der Waals surface area contributed by atoms with Gasteiger partial charge in [-0.25, -0.2) is 13.1 Å². The molecule has 0 bridgehead atoms. The zero-order valence-corrected chi connectivity index (χ0v) is 11.8. The second kappa shape index (κ2) is 5.69. The van der Waals surface area contributed by atoms with Crippen LogP contribution in [0.4, 0.5) is 0 Å². The number of benzene rings is 1. The van der Waals surface area contributed by atoms with Gasteiger partial charge in [-0.2, -0.15) is 0 Å². The molecule has 102 valence electrons. The Morgan fingerprint density at radius 2 is 1.94 bits per heavy atom. The highest BCUT2D eigenvalue weighted by Gasteiger charge is 2.19. The molecular weight excluding hydrogens is 254 g/mol. The molecule has 1 rings (SSSR count). The van der Waals surface area contributed by atoms with E-state index in [1.54, 1.807) is 20.1 Å². The lowest BCUT2D eigenvalue weighted by atomic mass is 10.1. The Morgan fingerprint density at radius 1 is 1.33 bits per heavy atom. The summed E-state index contributed by atoms with van der Waals surface area (Å²) in [6, 6.07) is 3.13. The van der Waals surface area contributed by atoms with E-state index in [0.29, 0.717) is 11.3 Å². The topological polar surface area (TPSA) is 75.6 Å². The van der Waals surface area contributed by atoms with Crippen molar-refractivity contribution in [3.05, 3.63) is 23.3 Å². The molecule has 0 aliphatic carbocycles. The highest BCUT2D eigenvalue weighted by molar-refractivity contribution is 7.89. The lowest BCUT2D eigenvalue weighted by molar-refractivity contribution is 0.198. The summed E-state index contributed by atoms with van der Waals surface area (Å²) in [5, 5.41) is 9.12. The van der Waals surface area contributed by atoms with Crippen molar-refractivity contribution in [2.45, 2.75) is 31.8 Å². The highest BCUT2D eigenvalue weighted by atomic mass is 32.2.